The predicted octanol–water partition coefficient (Wildman–Crippen LogP) is 13.6. The van der Waals surface area contributed by atoms with E-state index in [9.17, 15) is 0 Å². The molecule has 1 radical (unpaired) electrons. The van der Waals surface area contributed by atoms with Crippen LogP contribution in [-0.4, -0.2) is 7.77 Å². The normalized spacial score (nSPS) is 12.6. The summed E-state index contributed by atoms with van der Waals surface area (Å²) in [6.45, 7) is 35.0. The van der Waals surface area contributed by atoms with Crippen LogP contribution in [0.25, 0.3) is 22.3 Å². The summed E-state index contributed by atoms with van der Waals surface area (Å²) in [7, 11) is -0.997. The monoisotopic (exact) mass is 695 g/mol. The van der Waals surface area contributed by atoms with E-state index in [-0.39, 0.29) is 0 Å². The highest BCUT2D eigenvalue weighted by Crippen LogP contribution is 2.44. The highest BCUT2D eigenvalue weighted by Gasteiger charge is 2.30. The Morgan fingerprint density at radius 3 is 1.12 bits per heavy atom. The van der Waals surface area contributed by atoms with E-state index in [1.54, 1.807) is 0 Å². The SMILES string of the molecule is Cc1cc(C)c(P[Si](Cl)c2c(-c3c(C(C)C)cc(C(C)C)cc3C(C)C)cccc2-c2c(C(C)C)cc(C(C)C)cc2C(C)C)c(C)c1. The zero-order valence-electron chi connectivity index (χ0n) is 32.5. The van der Waals surface area contributed by atoms with E-state index in [4.69, 9.17) is 11.1 Å². The Labute approximate surface area is 302 Å². The first-order valence-electron chi connectivity index (χ1n) is 18.3. The van der Waals surface area contributed by atoms with Crippen LogP contribution in [0.4, 0.5) is 0 Å². The number of halogens is 1. The summed E-state index contributed by atoms with van der Waals surface area (Å²) < 4.78 is 0. The molecule has 0 nitrogen and oxygen atoms in total. The molecule has 4 rings (SSSR count). The fourth-order valence-corrected chi connectivity index (χ4v) is 13.5. The van der Waals surface area contributed by atoms with Crippen LogP contribution in [-0.2, 0) is 0 Å². The van der Waals surface area contributed by atoms with Gasteiger partial charge in [-0.3, -0.25) is 0 Å². The van der Waals surface area contributed by atoms with Gasteiger partial charge in [0.2, 0.25) is 7.77 Å². The molecule has 257 valence electrons. The van der Waals surface area contributed by atoms with Crippen LogP contribution in [0, 0.1) is 20.8 Å². The molecule has 4 aromatic carbocycles. The van der Waals surface area contributed by atoms with Gasteiger partial charge in [0.15, 0.2) is 0 Å². The molecule has 0 saturated carbocycles. The fraction of sp³-hybridized carbons (Fsp3) is 0.467. The molecule has 1 atom stereocenters. The van der Waals surface area contributed by atoms with E-state index in [1.165, 1.54) is 82.8 Å². The highest BCUT2D eigenvalue weighted by atomic mass is 35.6. The quantitative estimate of drug-likeness (QED) is 0.0832. The summed E-state index contributed by atoms with van der Waals surface area (Å²) in [5.74, 6) is 2.53. The second kappa shape index (κ2) is 15.8. The maximum atomic E-state index is 8.04. The number of hydrogen-bond acceptors (Lipinski definition) is 0. The van der Waals surface area contributed by atoms with Gasteiger partial charge in [0.25, 0.3) is 0 Å². The Kier molecular flexibility index (Phi) is 12.7. The van der Waals surface area contributed by atoms with Crippen LogP contribution in [0.3, 0.4) is 0 Å². The van der Waals surface area contributed by atoms with Gasteiger partial charge in [0.05, 0.1) is 0 Å². The standard InChI is InChI=1S/C45H61ClPSi/c1-25(2)34-21-38(27(5)6)42(39(22-34)28(7)8)36-17-16-18-37(45(36)48(46)47-44-32(14)19-31(13)20-33(44)15)43-40(29(9)10)23-35(26(3)4)24-41(43)30(11)12/h16-30,47H,1-15H3. The van der Waals surface area contributed by atoms with Gasteiger partial charge in [-0.25, -0.2) is 0 Å². The van der Waals surface area contributed by atoms with Crippen LogP contribution in [0.15, 0.2) is 54.6 Å². The van der Waals surface area contributed by atoms with Crippen LogP contribution in [0.1, 0.15) is 169 Å². The van der Waals surface area contributed by atoms with E-state index in [0.717, 1.165) is 0 Å². The number of hydrogen-bond donors (Lipinski definition) is 0. The molecule has 0 amide bonds. The number of aryl methyl sites for hydroxylation is 3. The Hall–Kier alpha value is -2.18. The molecular weight excluding hydrogens is 635 g/mol. The molecular formula is C45H61ClPSi. The summed E-state index contributed by atoms with van der Waals surface area (Å²) in [5, 5.41) is 2.83. The van der Waals surface area contributed by atoms with Crippen molar-refractivity contribution >= 4 is 37.5 Å². The molecule has 0 aliphatic carbocycles. The number of benzene rings is 4. The Bertz CT molecular complexity index is 1580. The van der Waals surface area contributed by atoms with Crippen LogP contribution >= 0.6 is 19.2 Å². The molecule has 0 heterocycles. The molecule has 0 fully saturated rings. The first kappa shape index (κ1) is 38.6. The first-order chi connectivity index (χ1) is 22.4. The van der Waals surface area contributed by atoms with Gasteiger partial charge >= 0.3 is 0 Å². The molecule has 3 heteroatoms. The van der Waals surface area contributed by atoms with Gasteiger partial charge in [0.1, 0.15) is 0 Å². The Morgan fingerprint density at radius 2 is 0.833 bits per heavy atom. The summed E-state index contributed by atoms with van der Waals surface area (Å²) >= 11 is 8.04. The summed E-state index contributed by atoms with van der Waals surface area (Å²) in [6.07, 6.45) is 0. The van der Waals surface area contributed by atoms with E-state index in [2.05, 4.69) is 158 Å². The highest BCUT2D eigenvalue weighted by molar-refractivity contribution is 7.92. The topological polar surface area (TPSA) is 0 Å². The third kappa shape index (κ3) is 8.06. The maximum Gasteiger partial charge on any atom is 0.231 e. The fourth-order valence-electron chi connectivity index (χ4n) is 7.29. The van der Waals surface area contributed by atoms with Crippen LogP contribution in [0.5, 0.6) is 0 Å². The van der Waals surface area contributed by atoms with Gasteiger partial charge in [-0.05, 0) is 134 Å². The van der Waals surface area contributed by atoms with E-state index < -0.39 is 7.77 Å². The van der Waals surface area contributed by atoms with Crippen molar-refractivity contribution in [1.29, 1.82) is 0 Å². The molecule has 0 N–H and O–H groups in total. The largest absolute Gasteiger partial charge is 0.231 e. The van der Waals surface area contributed by atoms with Crippen molar-refractivity contribution < 1.29 is 0 Å². The van der Waals surface area contributed by atoms with E-state index in [0.29, 0.717) is 43.6 Å². The molecule has 4 aromatic rings. The zero-order valence-corrected chi connectivity index (χ0v) is 35.3. The van der Waals surface area contributed by atoms with Crippen molar-refractivity contribution in [1.82, 2.24) is 0 Å². The van der Waals surface area contributed by atoms with Crippen molar-refractivity contribution in [3.8, 4) is 22.3 Å². The molecule has 0 saturated heterocycles. The minimum Gasteiger partial charge on any atom is -0.156 e. The summed E-state index contributed by atoms with van der Waals surface area (Å²) in [6, 6.07) is 21.8. The lowest BCUT2D eigenvalue weighted by molar-refractivity contribution is 0.807. The molecule has 0 aliphatic rings. The van der Waals surface area contributed by atoms with Crippen molar-refractivity contribution in [2.45, 2.75) is 139 Å². The smallest absolute Gasteiger partial charge is 0.156 e. The zero-order chi connectivity index (χ0) is 35.8. The molecule has 0 aliphatic heterocycles. The minimum absolute atomic E-state index is 0.394. The maximum absolute atomic E-state index is 8.04. The number of rotatable bonds is 11. The predicted molar refractivity (Wildman–Crippen MR) is 222 cm³/mol. The lowest BCUT2D eigenvalue weighted by Crippen LogP contribution is -2.29. The second-order valence-corrected chi connectivity index (χ2v) is 22.2. The Balaban J connectivity index is 2.21. The Morgan fingerprint density at radius 1 is 0.500 bits per heavy atom. The van der Waals surface area contributed by atoms with Gasteiger partial charge in [0, 0.05) is 0 Å². The van der Waals surface area contributed by atoms with E-state index in [1.807, 2.05) is 0 Å². The minimum atomic E-state index is -1.55. The average Bonchev–Trinajstić information content (AvgIpc) is 3.00. The van der Waals surface area contributed by atoms with Crippen LogP contribution in [0.2, 0.25) is 0 Å². The van der Waals surface area contributed by atoms with Gasteiger partial charge < -0.3 is 0 Å². The molecule has 0 spiro atoms. The van der Waals surface area contributed by atoms with Crippen molar-refractivity contribution in [3.05, 3.63) is 105 Å². The third-order valence-corrected chi connectivity index (χ3v) is 15.8. The van der Waals surface area contributed by atoms with Crippen molar-refractivity contribution in [2.75, 3.05) is 0 Å². The molecule has 0 aromatic heterocycles. The molecule has 48 heavy (non-hydrogen) atoms. The van der Waals surface area contributed by atoms with Crippen molar-refractivity contribution in [2.24, 2.45) is 0 Å². The van der Waals surface area contributed by atoms with Gasteiger partial charge in [-0.2, -0.15) is 11.1 Å². The first-order valence-corrected chi connectivity index (χ1v) is 22.8. The van der Waals surface area contributed by atoms with E-state index >= 15 is 0 Å². The molecule has 0 bridgehead atoms. The average molecular weight is 696 g/mol. The molecule has 1 unspecified atom stereocenters. The lowest BCUT2D eigenvalue weighted by Gasteiger charge is -2.29. The van der Waals surface area contributed by atoms with Crippen molar-refractivity contribution in [3.63, 3.8) is 0 Å². The van der Waals surface area contributed by atoms with Crippen LogP contribution < -0.4 is 10.5 Å². The van der Waals surface area contributed by atoms with Gasteiger partial charge in [-0.15, -0.1) is 0 Å². The summed E-state index contributed by atoms with van der Waals surface area (Å²) in [5.41, 5.74) is 18.3. The third-order valence-electron chi connectivity index (χ3n) is 10.00. The van der Waals surface area contributed by atoms with Gasteiger partial charge in [-0.1, -0.05) is 151 Å². The summed E-state index contributed by atoms with van der Waals surface area (Å²) in [4.78, 5) is 0. The second-order valence-electron chi connectivity index (χ2n) is 16.0. The lowest BCUT2D eigenvalue weighted by atomic mass is 9.79.